The molecule has 0 saturated carbocycles. The third kappa shape index (κ3) is 5.01. The maximum Gasteiger partial charge on any atom is 0.335 e. The summed E-state index contributed by atoms with van der Waals surface area (Å²) in [5.74, 6) is 0.266. The van der Waals surface area contributed by atoms with Gasteiger partial charge in [-0.2, -0.15) is 0 Å². The first-order valence-corrected chi connectivity index (χ1v) is 9.17. The van der Waals surface area contributed by atoms with Crippen LogP contribution in [0.5, 0.6) is 11.5 Å². The number of hydrogen-bond acceptors (Lipinski definition) is 6. The second-order valence-electron chi connectivity index (χ2n) is 6.69. The van der Waals surface area contributed by atoms with Crippen molar-refractivity contribution in [3.63, 3.8) is 0 Å². The molecule has 2 aromatic carbocycles. The van der Waals surface area contributed by atoms with Crippen molar-refractivity contribution in [2.75, 3.05) is 12.0 Å². The molecule has 0 aliphatic heterocycles. The van der Waals surface area contributed by atoms with E-state index in [1.807, 2.05) is 43.0 Å². The highest BCUT2D eigenvalue weighted by Gasteiger charge is 2.16. The minimum absolute atomic E-state index is 0.0227. The summed E-state index contributed by atoms with van der Waals surface area (Å²) in [5, 5.41) is 9.39. The lowest BCUT2D eigenvalue weighted by Crippen LogP contribution is -2.18. The number of ether oxygens (including phenoxy) is 2. The van der Waals surface area contributed by atoms with Crippen LogP contribution in [0.3, 0.4) is 0 Å². The monoisotopic (exact) mass is 393 g/mol. The van der Waals surface area contributed by atoms with E-state index >= 15 is 0 Å². The second-order valence-corrected chi connectivity index (χ2v) is 6.69. The zero-order valence-electron chi connectivity index (χ0n) is 16.6. The van der Waals surface area contributed by atoms with Gasteiger partial charge >= 0.3 is 5.97 Å². The summed E-state index contributed by atoms with van der Waals surface area (Å²) >= 11 is 0. The number of methoxy groups -OCH3 is 1. The summed E-state index contributed by atoms with van der Waals surface area (Å²) in [6.07, 6.45) is 4.91. The van der Waals surface area contributed by atoms with E-state index in [0.717, 1.165) is 16.9 Å². The Labute approximate surface area is 169 Å². The van der Waals surface area contributed by atoms with Gasteiger partial charge in [-0.1, -0.05) is 6.07 Å². The normalized spacial score (nSPS) is 10.6. The first kappa shape index (κ1) is 20.1. The van der Waals surface area contributed by atoms with Gasteiger partial charge in [0.1, 0.15) is 6.33 Å². The van der Waals surface area contributed by atoms with Crippen molar-refractivity contribution in [2.24, 2.45) is 0 Å². The van der Waals surface area contributed by atoms with Crippen molar-refractivity contribution in [1.82, 2.24) is 9.97 Å². The van der Waals surface area contributed by atoms with Crippen LogP contribution in [0.15, 0.2) is 61.2 Å². The van der Waals surface area contributed by atoms with Crippen LogP contribution >= 0.6 is 0 Å². The summed E-state index contributed by atoms with van der Waals surface area (Å²) in [6.45, 7) is 4.35. The van der Waals surface area contributed by atoms with Gasteiger partial charge in [-0.3, -0.25) is 0 Å². The van der Waals surface area contributed by atoms with Gasteiger partial charge in [0.05, 0.1) is 25.3 Å². The Kier molecular flexibility index (Phi) is 6.29. The van der Waals surface area contributed by atoms with Crippen LogP contribution in [0.4, 0.5) is 11.4 Å². The number of benzene rings is 2. The average Bonchev–Trinajstić information content (AvgIpc) is 2.72. The maximum atomic E-state index is 11.5. The fraction of sp³-hybridized carbons (Fsp3) is 0.227. The molecule has 1 heterocycles. The summed E-state index contributed by atoms with van der Waals surface area (Å²) in [5.41, 5.74) is 2.65. The number of carbonyl (C=O) groups is 1. The molecule has 0 fully saturated rings. The summed E-state index contributed by atoms with van der Waals surface area (Å²) in [7, 11) is 1.59. The number of aromatic carboxylic acids is 1. The van der Waals surface area contributed by atoms with Gasteiger partial charge in [-0.05, 0) is 44.2 Å². The van der Waals surface area contributed by atoms with Crippen molar-refractivity contribution in [3.05, 3.63) is 72.3 Å². The predicted molar refractivity (Wildman–Crippen MR) is 110 cm³/mol. The van der Waals surface area contributed by atoms with Gasteiger partial charge in [0.2, 0.25) is 0 Å². The summed E-state index contributed by atoms with van der Waals surface area (Å²) in [4.78, 5) is 21.6. The SMILES string of the molecule is COc1ccc(N(Cc2cncnc2)c2cccc(C(=O)O)c2)cc1OC(C)C. The number of aromatic nitrogens is 2. The van der Waals surface area contributed by atoms with Crippen molar-refractivity contribution in [1.29, 1.82) is 0 Å². The molecule has 3 rings (SSSR count). The quantitative estimate of drug-likeness (QED) is 0.610. The fourth-order valence-corrected chi connectivity index (χ4v) is 2.91. The van der Waals surface area contributed by atoms with Gasteiger partial charge in [0.15, 0.2) is 11.5 Å². The first-order valence-electron chi connectivity index (χ1n) is 9.17. The molecule has 0 radical (unpaired) electrons. The summed E-state index contributed by atoms with van der Waals surface area (Å²) in [6, 6.07) is 12.4. The molecular weight excluding hydrogens is 370 g/mol. The minimum atomic E-state index is -0.978. The average molecular weight is 393 g/mol. The van der Waals surface area contributed by atoms with E-state index in [2.05, 4.69) is 9.97 Å². The maximum absolute atomic E-state index is 11.5. The highest BCUT2D eigenvalue weighted by Crippen LogP contribution is 2.36. The highest BCUT2D eigenvalue weighted by molar-refractivity contribution is 5.89. The number of hydrogen-bond donors (Lipinski definition) is 1. The van der Waals surface area contributed by atoms with Crippen LogP contribution in [0.1, 0.15) is 29.8 Å². The van der Waals surface area contributed by atoms with Gasteiger partial charge in [-0.15, -0.1) is 0 Å². The van der Waals surface area contributed by atoms with Crippen molar-refractivity contribution in [2.45, 2.75) is 26.5 Å². The van der Waals surface area contributed by atoms with Crippen LogP contribution in [-0.4, -0.2) is 34.3 Å². The molecule has 1 aromatic heterocycles. The van der Waals surface area contributed by atoms with Crippen molar-refractivity contribution >= 4 is 17.3 Å². The number of rotatable bonds is 8. The van der Waals surface area contributed by atoms with E-state index in [4.69, 9.17) is 9.47 Å². The molecule has 0 aliphatic carbocycles. The van der Waals surface area contributed by atoms with E-state index < -0.39 is 5.97 Å². The zero-order chi connectivity index (χ0) is 20.8. The van der Waals surface area contributed by atoms with E-state index in [9.17, 15) is 9.90 Å². The lowest BCUT2D eigenvalue weighted by Gasteiger charge is -2.26. The van der Waals surface area contributed by atoms with Crippen LogP contribution in [0.25, 0.3) is 0 Å². The molecule has 0 aliphatic rings. The number of anilines is 2. The molecule has 0 amide bonds. The third-order valence-corrected chi connectivity index (χ3v) is 4.18. The smallest absolute Gasteiger partial charge is 0.335 e. The van der Waals surface area contributed by atoms with E-state index in [1.165, 1.54) is 6.33 Å². The van der Waals surface area contributed by atoms with Crippen LogP contribution in [-0.2, 0) is 6.54 Å². The Bertz CT molecular complexity index is 977. The Hall–Kier alpha value is -3.61. The molecule has 3 aromatic rings. The zero-order valence-corrected chi connectivity index (χ0v) is 16.6. The number of carboxylic acid groups (broad SMARTS) is 1. The van der Waals surface area contributed by atoms with Gasteiger partial charge in [-0.25, -0.2) is 14.8 Å². The van der Waals surface area contributed by atoms with Gasteiger partial charge < -0.3 is 19.5 Å². The number of nitrogens with zero attached hydrogens (tertiary/aromatic N) is 3. The van der Waals surface area contributed by atoms with Gasteiger partial charge in [0, 0.05) is 35.4 Å². The van der Waals surface area contributed by atoms with Crippen molar-refractivity contribution in [3.8, 4) is 11.5 Å². The Morgan fingerprint density at radius 2 is 1.79 bits per heavy atom. The van der Waals surface area contributed by atoms with E-state index in [0.29, 0.717) is 18.0 Å². The molecule has 29 heavy (non-hydrogen) atoms. The van der Waals surface area contributed by atoms with Crippen LogP contribution < -0.4 is 14.4 Å². The Morgan fingerprint density at radius 3 is 2.45 bits per heavy atom. The molecule has 7 heteroatoms. The Balaban J connectivity index is 2.07. The molecule has 0 atom stereocenters. The molecule has 150 valence electrons. The fourth-order valence-electron chi connectivity index (χ4n) is 2.91. The lowest BCUT2D eigenvalue weighted by molar-refractivity contribution is 0.0697. The topological polar surface area (TPSA) is 84.8 Å². The van der Waals surface area contributed by atoms with Crippen LogP contribution in [0.2, 0.25) is 0 Å². The first-order chi connectivity index (χ1) is 14.0. The van der Waals surface area contributed by atoms with E-state index in [1.54, 1.807) is 37.7 Å². The highest BCUT2D eigenvalue weighted by atomic mass is 16.5. The van der Waals surface area contributed by atoms with Crippen molar-refractivity contribution < 1.29 is 19.4 Å². The summed E-state index contributed by atoms with van der Waals surface area (Å²) < 4.78 is 11.3. The van der Waals surface area contributed by atoms with E-state index in [-0.39, 0.29) is 11.7 Å². The molecule has 0 unspecified atom stereocenters. The standard InChI is InChI=1S/C22H23N3O4/c1-15(2)29-21-10-19(7-8-20(21)28-3)25(13-16-11-23-14-24-12-16)18-6-4-5-17(9-18)22(26)27/h4-12,14-15H,13H2,1-3H3,(H,26,27). The molecule has 7 nitrogen and oxygen atoms in total. The second kappa shape index (κ2) is 9.05. The van der Waals surface area contributed by atoms with Crippen LogP contribution in [0, 0.1) is 0 Å². The lowest BCUT2D eigenvalue weighted by atomic mass is 10.1. The molecular formula is C22H23N3O4. The molecule has 0 saturated heterocycles. The molecule has 0 spiro atoms. The predicted octanol–water partition coefficient (Wildman–Crippen LogP) is 4.31. The molecule has 0 bridgehead atoms. The largest absolute Gasteiger partial charge is 0.493 e. The third-order valence-electron chi connectivity index (χ3n) is 4.18. The molecule has 1 N–H and O–H groups in total. The number of carboxylic acids is 1. The Morgan fingerprint density at radius 1 is 1.07 bits per heavy atom. The van der Waals surface area contributed by atoms with Gasteiger partial charge in [0.25, 0.3) is 0 Å². The minimum Gasteiger partial charge on any atom is -0.493 e.